The number of aliphatic hydroxyl groups is 4. The van der Waals surface area contributed by atoms with E-state index in [0.29, 0.717) is 0 Å². The molecule has 0 amide bonds. The molecule has 5 atom stereocenters. The molecule has 9 nitrogen and oxygen atoms in total. The number of ether oxygens (including phenoxy) is 1. The normalized spacial score (nSPS) is 38.6. The van der Waals surface area contributed by atoms with E-state index in [1.165, 1.54) is 0 Å². The molecule has 0 radical (unpaired) electrons. The number of rotatable bonds is 3. The molecule has 1 aliphatic rings. The maximum absolute atomic E-state index is 10.4. The van der Waals surface area contributed by atoms with Gasteiger partial charge >= 0.3 is 56.7 Å². The van der Waals surface area contributed by atoms with Gasteiger partial charge in [0.25, 0.3) is 0 Å². The molecule has 0 aliphatic carbocycles. The van der Waals surface area contributed by atoms with Crippen LogP contribution >= 0.6 is 7.82 Å². The number of aliphatic hydroxyl groups excluding tert-OH is 4. The van der Waals surface area contributed by atoms with Gasteiger partial charge in [-0.15, -0.1) is 0 Å². The monoisotopic (exact) mass is 400 g/mol. The van der Waals surface area contributed by atoms with Crippen molar-refractivity contribution < 1.29 is 46.9 Å². The summed E-state index contributed by atoms with van der Waals surface area (Å²) in [4.78, 5) is 16.8. The summed E-state index contributed by atoms with van der Waals surface area (Å²) in [6, 6.07) is 0. The molecule has 11 heteroatoms. The molecule has 0 aromatic carbocycles. The van der Waals surface area contributed by atoms with Crippen molar-refractivity contribution >= 4 is 56.7 Å². The van der Waals surface area contributed by atoms with Crippen molar-refractivity contribution in [2.75, 3.05) is 6.61 Å². The average molecular weight is 399 g/mol. The Labute approximate surface area is 140 Å². The SMILES string of the molecule is O=P(O)(O)OC[C@H]1O[C@H](O)[C@H](O)[C@@H](O)[C@@H]1O.[Ba+2].[H-].[H-]. The van der Waals surface area contributed by atoms with Crippen molar-refractivity contribution in [2.45, 2.75) is 30.7 Å². The minimum Gasteiger partial charge on any atom is -1.00 e. The zero-order chi connectivity index (χ0) is 12.5. The molecule has 0 saturated carbocycles. The van der Waals surface area contributed by atoms with E-state index >= 15 is 0 Å². The van der Waals surface area contributed by atoms with Gasteiger partial charge in [-0.05, 0) is 0 Å². The fourth-order valence-electron chi connectivity index (χ4n) is 1.24. The Hall–Kier alpha value is 1.48. The molecule has 100 valence electrons. The van der Waals surface area contributed by atoms with E-state index in [-0.39, 0.29) is 51.7 Å². The third kappa shape index (κ3) is 5.55. The molecule has 1 aliphatic heterocycles. The molecule has 1 fully saturated rings. The first kappa shape index (κ1) is 18.5. The Morgan fingerprint density at radius 1 is 1.12 bits per heavy atom. The van der Waals surface area contributed by atoms with Crippen molar-refractivity contribution in [3.8, 4) is 0 Å². The Bertz CT molecular complexity index is 292. The minimum atomic E-state index is -4.73. The van der Waals surface area contributed by atoms with Gasteiger partial charge in [-0.1, -0.05) is 0 Å². The first-order valence-electron chi connectivity index (χ1n) is 4.30. The smallest absolute Gasteiger partial charge is 1.00 e. The zero-order valence-electron chi connectivity index (χ0n) is 10.7. The van der Waals surface area contributed by atoms with E-state index < -0.39 is 45.1 Å². The van der Waals surface area contributed by atoms with Crippen LogP contribution in [0.4, 0.5) is 0 Å². The van der Waals surface area contributed by atoms with Crippen LogP contribution in [0, 0.1) is 0 Å². The summed E-state index contributed by atoms with van der Waals surface area (Å²) < 4.78 is 19.0. The van der Waals surface area contributed by atoms with E-state index in [1.54, 1.807) is 0 Å². The fraction of sp³-hybridized carbons (Fsp3) is 1.00. The fourth-order valence-corrected chi connectivity index (χ4v) is 1.58. The second kappa shape index (κ2) is 7.31. The van der Waals surface area contributed by atoms with Crippen molar-refractivity contribution in [2.24, 2.45) is 0 Å². The third-order valence-corrected chi connectivity index (χ3v) is 2.58. The van der Waals surface area contributed by atoms with Crippen LogP contribution in [0.5, 0.6) is 0 Å². The average Bonchev–Trinajstić information content (AvgIpc) is 2.17. The molecular formula is C6H15BaO9P. The maximum Gasteiger partial charge on any atom is 2.00 e. The first-order valence-corrected chi connectivity index (χ1v) is 5.83. The van der Waals surface area contributed by atoms with Crippen molar-refractivity contribution in [3.05, 3.63) is 0 Å². The van der Waals surface area contributed by atoms with Crippen LogP contribution in [0.3, 0.4) is 0 Å². The standard InChI is InChI=1S/C6H13O9P.Ba.2H/c7-3-2(1-14-16(11,12)13)15-6(10)5(9)4(3)8;;;/h2-10H,1H2,(H2,11,12,13);;;/q;+2;2*-1/t2-,3-,4+,5-,6+;;;/m1.../s1. The van der Waals surface area contributed by atoms with E-state index in [0.717, 1.165) is 0 Å². The minimum absolute atomic E-state index is 0. The predicted molar refractivity (Wildman–Crippen MR) is 54.9 cm³/mol. The summed E-state index contributed by atoms with van der Waals surface area (Å²) in [5.41, 5.74) is 0. The molecule has 0 aromatic heterocycles. The van der Waals surface area contributed by atoms with Crippen molar-refractivity contribution in [1.82, 2.24) is 0 Å². The molecule has 17 heavy (non-hydrogen) atoms. The zero-order valence-corrected chi connectivity index (χ0v) is 14.0. The summed E-state index contributed by atoms with van der Waals surface area (Å²) in [6.07, 6.45) is -8.11. The van der Waals surface area contributed by atoms with Gasteiger partial charge in [0.05, 0.1) is 6.61 Å². The topological polar surface area (TPSA) is 157 Å². The molecule has 6 N–H and O–H groups in total. The Balaban J connectivity index is -0.000000853. The van der Waals surface area contributed by atoms with Gasteiger partial charge in [0.1, 0.15) is 24.4 Å². The number of phosphoric ester groups is 1. The Morgan fingerprint density at radius 2 is 1.65 bits per heavy atom. The molecule has 1 saturated heterocycles. The van der Waals surface area contributed by atoms with Crippen LogP contribution in [0.15, 0.2) is 0 Å². The molecular weight excluding hydrogens is 384 g/mol. The van der Waals surface area contributed by atoms with Gasteiger partial charge in [0.2, 0.25) is 0 Å². The summed E-state index contributed by atoms with van der Waals surface area (Å²) in [6.45, 7) is -0.730. The van der Waals surface area contributed by atoms with Gasteiger partial charge in [-0.25, -0.2) is 4.57 Å². The Kier molecular flexibility index (Phi) is 7.95. The Morgan fingerprint density at radius 3 is 2.12 bits per heavy atom. The number of phosphoric acid groups is 1. The van der Waals surface area contributed by atoms with E-state index in [1.807, 2.05) is 0 Å². The second-order valence-electron chi connectivity index (χ2n) is 3.32. The quantitative estimate of drug-likeness (QED) is 0.212. The first-order chi connectivity index (χ1) is 7.22. The van der Waals surface area contributed by atoms with Crippen LogP contribution < -0.4 is 0 Å². The number of hydrogen-bond acceptors (Lipinski definition) is 7. The van der Waals surface area contributed by atoms with Gasteiger partial charge in [-0.3, -0.25) is 4.52 Å². The van der Waals surface area contributed by atoms with Crippen molar-refractivity contribution in [3.63, 3.8) is 0 Å². The molecule has 1 heterocycles. The molecule has 1 rings (SSSR count). The van der Waals surface area contributed by atoms with Crippen LogP contribution in [-0.2, 0) is 13.8 Å². The number of hydrogen-bond donors (Lipinski definition) is 6. The van der Waals surface area contributed by atoms with E-state index in [4.69, 9.17) is 20.0 Å². The predicted octanol–water partition coefficient (Wildman–Crippen LogP) is -3.26. The van der Waals surface area contributed by atoms with Gasteiger partial charge in [0, 0.05) is 0 Å². The van der Waals surface area contributed by atoms with Crippen LogP contribution in [-0.4, -0.2) is 116 Å². The summed E-state index contributed by atoms with van der Waals surface area (Å²) >= 11 is 0. The summed E-state index contributed by atoms with van der Waals surface area (Å²) in [5, 5.41) is 36.7. The molecule has 0 bridgehead atoms. The van der Waals surface area contributed by atoms with Gasteiger partial charge in [-0.2, -0.15) is 0 Å². The molecule has 0 spiro atoms. The maximum atomic E-state index is 10.4. The van der Waals surface area contributed by atoms with Crippen LogP contribution in [0.1, 0.15) is 2.85 Å². The molecule has 0 aromatic rings. The summed E-state index contributed by atoms with van der Waals surface area (Å²) in [7, 11) is -4.73. The largest absolute Gasteiger partial charge is 2.00 e. The van der Waals surface area contributed by atoms with E-state index in [9.17, 15) is 14.8 Å². The van der Waals surface area contributed by atoms with Crippen LogP contribution in [0.25, 0.3) is 0 Å². The van der Waals surface area contributed by atoms with E-state index in [2.05, 4.69) is 9.26 Å². The van der Waals surface area contributed by atoms with Crippen molar-refractivity contribution in [1.29, 1.82) is 0 Å². The third-order valence-electron chi connectivity index (χ3n) is 2.09. The second-order valence-corrected chi connectivity index (χ2v) is 4.56. The van der Waals surface area contributed by atoms with Gasteiger partial charge in [0.15, 0.2) is 6.29 Å². The van der Waals surface area contributed by atoms with Crippen LogP contribution in [0.2, 0.25) is 0 Å². The molecule has 0 unspecified atom stereocenters. The van der Waals surface area contributed by atoms with Gasteiger partial charge < -0.3 is 37.8 Å². The summed E-state index contributed by atoms with van der Waals surface area (Å²) in [5.74, 6) is 0.